The van der Waals surface area contributed by atoms with Crippen LogP contribution in [0.15, 0.2) is 42.5 Å². The van der Waals surface area contributed by atoms with Crippen LogP contribution in [0.3, 0.4) is 0 Å². The number of benzene rings is 2. The highest BCUT2D eigenvalue weighted by Crippen LogP contribution is 2.45. The van der Waals surface area contributed by atoms with Gasteiger partial charge >= 0.3 is 5.97 Å². The summed E-state index contributed by atoms with van der Waals surface area (Å²) < 4.78 is 5.67. The second-order valence-electron chi connectivity index (χ2n) is 6.95. The van der Waals surface area contributed by atoms with Crippen LogP contribution in [0.1, 0.15) is 37.2 Å². The molecule has 1 heterocycles. The number of esters is 1. The number of thioether (sulfide) groups is 2. The van der Waals surface area contributed by atoms with Crippen molar-refractivity contribution in [3.8, 4) is 0 Å². The minimum absolute atomic E-state index is 0.219. The van der Waals surface area contributed by atoms with E-state index in [1.54, 1.807) is 24.1 Å². The first-order valence-corrected chi connectivity index (χ1v) is 11.3. The number of carbonyl (C=O) groups excluding carboxylic acids is 2. The zero-order chi connectivity index (χ0) is 20.1. The summed E-state index contributed by atoms with van der Waals surface area (Å²) in [6.45, 7) is 4.32. The molecule has 0 radical (unpaired) electrons. The monoisotopic (exact) mass is 415 g/mol. The van der Waals surface area contributed by atoms with Gasteiger partial charge < -0.3 is 9.64 Å². The van der Waals surface area contributed by atoms with E-state index in [2.05, 4.69) is 6.07 Å². The molecule has 0 atom stereocenters. The van der Waals surface area contributed by atoms with Gasteiger partial charge in [0.05, 0.1) is 10.1 Å². The van der Waals surface area contributed by atoms with E-state index in [9.17, 15) is 9.59 Å². The standard InChI is InChI=1S/C22H25NO3S2/c1-15-4-5-19(16(2)12-15)13-23(3)20(24)14-26-21(25)17-6-8-18(9-7-17)22-27-10-11-28-22/h4-9,12,22H,10-11,13-14H2,1-3H3. The van der Waals surface area contributed by atoms with E-state index in [4.69, 9.17) is 4.74 Å². The zero-order valence-corrected chi connectivity index (χ0v) is 18.1. The number of carbonyl (C=O) groups is 2. The Morgan fingerprint density at radius 1 is 1.07 bits per heavy atom. The quantitative estimate of drug-likeness (QED) is 0.646. The summed E-state index contributed by atoms with van der Waals surface area (Å²) in [5.41, 5.74) is 5.12. The summed E-state index contributed by atoms with van der Waals surface area (Å²) in [5, 5.41) is 0. The van der Waals surface area contributed by atoms with Crippen LogP contribution >= 0.6 is 23.5 Å². The van der Waals surface area contributed by atoms with Crippen molar-refractivity contribution in [2.75, 3.05) is 25.2 Å². The normalized spacial score (nSPS) is 14.1. The lowest BCUT2D eigenvalue weighted by Crippen LogP contribution is -2.31. The van der Waals surface area contributed by atoms with Gasteiger partial charge in [0.1, 0.15) is 0 Å². The number of hydrogen-bond acceptors (Lipinski definition) is 5. The third kappa shape index (κ3) is 5.32. The summed E-state index contributed by atoms with van der Waals surface area (Å²) in [5.74, 6) is 1.64. The minimum Gasteiger partial charge on any atom is -0.452 e. The Morgan fingerprint density at radius 2 is 1.75 bits per heavy atom. The molecule has 0 unspecified atom stereocenters. The Morgan fingerprint density at radius 3 is 2.39 bits per heavy atom. The number of aryl methyl sites for hydroxylation is 2. The second kappa shape index (κ2) is 9.52. The first-order chi connectivity index (χ1) is 13.4. The molecule has 1 saturated heterocycles. The van der Waals surface area contributed by atoms with E-state index in [1.165, 1.54) is 11.1 Å². The highest BCUT2D eigenvalue weighted by Gasteiger charge is 2.19. The van der Waals surface area contributed by atoms with Crippen molar-refractivity contribution < 1.29 is 14.3 Å². The highest BCUT2D eigenvalue weighted by molar-refractivity contribution is 8.19. The predicted molar refractivity (Wildman–Crippen MR) is 117 cm³/mol. The molecule has 1 amide bonds. The van der Waals surface area contributed by atoms with Gasteiger partial charge in [0.25, 0.3) is 5.91 Å². The fourth-order valence-corrected chi connectivity index (χ4v) is 5.87. The molecule has 3 rings (SSSR count). The summed E-state index contributed by atoms with van der Waals surface area (Å²) >= 11 is 3.85. The van der Waals surface area contributed by atoms with E-state index in [0.29, 0.717) is 16.7 Å². The highest BCUT2D eigenvalue weighted by atomic mass is 32.2. The number of likely N-dealkylation sites (N-methyl/N-ethyl adjacent to an activating group) is 1. The maximum absolute atomic E-state index is 12.3. The Bertz CT molecular complexity index is 845. The van der Waals surface area contributed by atoms with Crippen LogP contribution in [0.25, 0.3) is 0 Å². The van der Waals surface area contributed by atoms with Gasteiger partial charge in [0.15, 0.2) is 6.61 Å². The van der Waals surface area contributed by atoms with Crippen LogP contribution in [0, 0.1) is 13.8 Å². The van der Waals surface area contributed by atoms with Crippen molar-refractivity contribution in [2.24, 2.45) is 0 Å². The molecule has 0 saturated carbocycles. The first-order valence-electron chi connectivity index (χ1n) is 9.24. The van der Waals surface area contributed by atoms with Crippen LogP contribution < -0.4 is 0 Å². The van der Waals surface area contributed by atoms with Gasteiger partial charge in [-0.1, -0.05) is 35.9 Å². The molecule has 0 aromatic heterocycles. The Labute approximate surface area is 175 Å². The molecule has 1 aliphatic rings. The molecule has 28 heavy (non-hydrogen) atoms. The van der Waals surface area contributed by atoms with Gasteiger partial charge in [0, 0.05) is 25.1 Å². The molecule has 148 valence electrons. The molecule has 0 spiro atoms. The molecule has 1 aliphatic heterocycles. The van der Waals surface area contributed by atoms with Gasteiger partial charge in [-0.25, -0.2) is 4.79 Å². The van der Waals surface area contributed by atoms with Crippen LogP contribution in [0.4, 0.5) is 0 Å². The van der Waals surface area contributed by atoms with E-state index < -0.39 is 5.97 Å². The average Bonchev–Trinajstić information content (AvgIpc) is 3.23. The smallest absolute Gasteiger partial charge is 0.338 e. The maximum Gasteiger partial charge on any atom is 0.338 e. The third-order valence-corrected chi connectivity index (χ3v) is 7.80. The van der Waals surface area contributed by atoms with Gasteiger partial charge in [-0.15, -0.1) is 23.5 Å². The van der Waals surface area contributed by atoms with Gasteiger partial charge in [0.2, 0.25) is 0 Å². The van der Waals surface area contributed by atoms with Gasteiger partial charge in [-0.3, -0.25) is 4.79 Å². The number of amides is 1. The van der Waals surface area contributed by atoms with E-state index >= 15 is 0 Å². The molecule has 4 nitrogen and oxygen atoms in total. The van der Waals surface area contributed by atoms with E-state index in [0.717, 1.165) is 22.6 Å². The molecule has 6 heteroatoms. The topological polar surface area (TPSA) is 46.6 Å². The first kappa shape index (κ1) is 20.8. The number of nitrogens with zero attached hydrogens (tertiary/aromatic N) is 1. The van der Waals surface area contributed by atoms with Crippen molar-refractivity contribution in [1.29, 1.82) is 0 Å². The third-order valence-electron chi connectivity index (χ3n) is 4.70. The number of hydrogen-bond donors (Lipinski definition) is 0. The van der Waals surface area contributed by atoms with Crippen LogP contribution in [-0.4, -0.2) is 41.9 Å². The van der Waals surface area contributed by atoms with E-state index in [1.807, 2.05) is 61.6 Å². The fraction of sp³-hybridized carbons (Fsp3) is 0.364. The number of rotatable bonds is 6. The molecule has 0 aliphatic carbocycles. The lowest BCUT2D eigenvalue weighted by molar-refractivity contribution is -0.133. The van der Waals surface area contributed by atoms with Crippen molar-refractivity contribution >= 4 is 35.4 Å². The summed E-state index contributed by atoms with van der Waals surface area (Å²) in [4.78, 5) is 26.2. The van der Waals surface area contributed by atoms with Crippen molar-refractivity contribution in [3.05, 3.63) is 70.3 Å². The molecule has 0 bridgehead atoms. The lowest BCUT2D eigenvalue weighted by atomic mass is 10.1. The van der Waals surface area contributed by atoms with Crippen LogP contribution in [-0.2, 0) is 16.1 Å². The molecule has 0 N–H and O–H groups in total. The molecule has 2 aromatic carbocycles. The summed E-state index contributed by atoms with van der Waals surface area (Å²) in [6.07, 6.45) is 0. The van der Waals surface area contributed by atoms with Crippen molar-refractivity contribution in [1.82, 2.24) is 4.90 Å². The molecule has 2 aromatic rings. The minimum atomic E-state index is -0.466. The zero-order valence-electron chi connectivity index (χ0n) is 16.4. The Balaban J connectivity index is 1.51. The fourth-order valence-electron chi connectivity index (χ4n) is 3.01. The van der Waals surface area contributed by atoms with Crippen LogP contribution in [0.2, 0.25) is 0 Å². The van der Waals surface area contributed by atoms with E-state index in [-0.39, 0.29) is 12.5 Å². The largest absolute Gasteiger partial charge is 0.452 e. The lowest BCUT2D eigenvalue weighted by Gasteiger charge is -2.19. The summed E-state index contributed by atoms with van der Waals surface area (Å²) in [7, 11) is 1.72. The Hall–Kier alpha value is -1.92. The Kier molecular flexibility index (Phi) is 7.08. The molecular weight excluding hydrogens is 390 g/mol. The molecule has 1 fully saturated rings. The SMILES string of the molecule is Cc1ccc(CN(C)C(=O)COC(=O)c2ccc(C3SCCS3)cc2)c(C)c1. The number of ether oxygens (including phenoxy) is 1. The van der Waals surface area contributed by atoms with Crippen molar-refractivity contribution in [3.63, 3.8) is 0 Å². The maximum atomic E-state index is 12.3. The second-order valence-corrected chi connectivity index (χ2v) is 9.68. The van der Waals surface area contributed by atoms with Crippen molar-refractivity contribution in [2.45, 2.75) is 25.0 Å². The predicted octanol–water partition coefficient (Wildman–Crippen LogP) is 4.60. The average molecular weight is 416 g/mol. The van der Waals surface area contributed by atoms with Gasteiger partial charge in [-0.2, -0.15) is 0 Å². The van der Waals surface area contributed by atoms with Gasteiger partial charge in [-0.05, 0) is 42.7 Å². The van der Waals surface area contributed by atoms with Crippen LogP contribution in [0.5, 0.6) is 0 Å². The summed E-state index contributed by atoms with van der Waals surface area (Å²) in [6, 6.07) is 13.7. The molecular formula is C22H25NO3S2.